The van der Waals surface area contributed by atoms with Crippen molar-refractivity contribution in [3.63, 3.8) is 0 Å². The van der Waals surface area contributed by atoms with Crippen molar-refractivity contribution in [2.45, 2.75) is 70.3 Å². The van der Waals surface area contributed by atoms with E-state index in [1.54, 1.807) is 0 Å². The fourth-order valence-electron chi connectivity index (χ4n) is 5.50. The number of carbonyl (C=O) groups excluding carboxylic acids is 3. The van der Waals surface area contributed by atoms with E-state index < -0.39 is 11.6 Å². The fourth-order valence-corrected chi connectivity index (χ4v) is 5.50. The normalized spacial score (nSPS) is 37.2. The minimum Gasteiger partial charge on any atom is -0.322 e. The molecular weight excluding hydrogens is 344 g/mol. The Bertz CT molecular complexity index is 614. The number of hydrazine groups is 1. The number of hydrogen-bond acceptors (Lipinski definition) is 4. The maximum absolute atomic E-state index is 12.8. The predicted molar refractivity (Wildman–Crippen MR) is 100 cm³/mol. The molecule has 2 aliphatic carbocycles. The summed E-state index contributed by atoms with van der Waals surface area (Å²) in [6, 6.07) is -0.492. The molecule has 150 valence electrons. The summed E-state index contributed by atoms with van der Waals surface area (Å²) in [6.45, 7) is 4.31. The highest BCUT2D eigenvalue weighted by atomic mass is 16.2. The second kappa shape index (κ2) is 7.41. The van der Waals surface area contributed by atoms with E-state index in [0.29, 0.717) is 24.7 Å². The van der Waals surface area contributed by atoms with Gasteiger partial charge in [-0.3, -0.25) is 19.9 Å². The molecule has 0 unspecified atom stereocenters. The first-order valence-electron chi connectivity index (χ1n) is 10.7. The largest absolute Gasteiger partial charge is 0.344 e. The average Bonchev–Trinajstić information content (AvgIpc) is 2.88. The lowest BCUT2D eigenvalue weighted by atomic mass is 9.75. The van der Waals surface area contributed by atoms with Gasteiger partial charge in [0.25, 0.3) is 11.8 Å². The molecule has 2 heterocycles. The van der Waals surface area contributed by atoms with Crippen molar-refractivity contribution in [2.24, 2.45) is 17.8 Å². The van der Waals surface area contributed by atoms with Gasteiger partial charge in [0, 0.05) is 6.54 Å². The van der Waals surface area contributed by atoms with E-state index in [-0.39, 0.29) is 18.4 Å². The van der Waals surface area contributed by atoms with Gasteiger partial charge in [-0.2, -0.15) is 5.01 Å². The molecule has 27 heavy (non-hydrogen) atoms. The molecule has 4 fully saturated rings. The third-order valence-electron chi connectivity index (χ3n) is 7.27. The van der Waals surface area contributed by atoms with Crippen LogP contribution in [-0.4, -0.2) is 52.9 Å². The topological polar surface area (TPSA) is 81.8 Å². The van der Waals surface area contributed by atoms with E-state index >= 15 is 0 Å². The molecule has 0 radical (unpaired) electrons. The number of imide groups is 1. The number of likely N-dealkylation sites (tertiary alicyclic amines) is 1. The third-order valence-corrected chi connectivity index (χ3v) is 7.27. The maximum Gasteiger partial charge on any atom is 0.344 e. The van der Waals surface area contributed by atoms with Crippen molar-refractivity contribution >= 4 is 17.8 Å². The first-order chi connectivity index (χ1) is 13.0. The number of fused-ring (bicyclic) bond motifs is 1. The van der Waals surface area contributed by atoms with Crippen LogP contribution in [0.15, 0.2) is 0 Å². The molecule has 0 aromatic carbocycles. The van der Waals surface area contributed by atoms with Gasteiger partial charge in [0.2, 0.25) is 0 Å². The van der Waals surface area contributed by atoms with E-state index in [1.807, 2.05) is 0 Å². The van der Waals surface area contributed by atoms with Crippen molar-refractivity contribution in [1.82, 2.24) is 20.7 Å². The number of nitrogens with zero attached hydrogens (tertiary/aromatic N) is 2. The number of carbonyl (C=O) groups is 3. The Morgan fingerprint density at radius 1 is 1.11 bits per heavy atom. The van der Waals surface area contributed by atoms with Gasteiger partial charge in [-0.15, -0.1) is 0 Å². The minimum absolute atomic E-state index is 0.254. The number of hydrogen-bond donors (Lipinski definition) is 2. The summed E-state index contributed by atoms with van der Waals surface area (Å²) in [7, 11) is 0. The quantitative estimate of drug-likeness (QED) is 0.739. The van der Waals surface area contributed by atoms with Crippen LogP contribution < -0.4 is 10.7 Å². The molecule has 4 rings (SSSR count). The number of piperidine rings is 1. The monoisotopic (exact) mass is 376 g/mol. The summed E-state index contributed by atoms with van der Waals surface area (Å²) in [5, 5.41) is 3.77. The molecule has 0 aromatic rings. The van der Waals surface area contributed by atoms with Crippen LogP contribution in [0.4, 0.5) is 4.79 Å². The van der Waals surface area contributed by atoms with Gasteiger partial charge in [-0.25, -0.2) is 4.79 Å². The molecule has 2 saturated carbocycles. The zero-order valence-electron chi connectivity index (χ0n) is 16.3. The highest BCUT2D eigenvalue weighted by Gasteiger charge is 2.53. The van der Waals surface area contributed by atoms with E-state index in [0.717, 1.165) is 43.3 Å². The Morgan fingerprint density at radius 3 is 2.56 bits per heavy atom. The van der Waals surface area contributed by atoms with E-state index in [9.17, 15) is 14.4 Å². The molecule has 4 amide bonds. The number of rotatable bonds is 3. The molecular formula is C20H32N4O3. The highest BCUT2D eigenvalue weighted by molar-refractivity contribution is 6.08. The van der Waals surface area contributed by atoms with Crippen molar-refractivity contribution in [1.29, 1.82) is 0 Å². The van der Waals surface area contributed by atoms with Crippen molar-refractivity contribution in [3.8, 4) is 0 Å². The van der Waals surface area contributed by atoms with Crippen LogP contribution in [0, 0.1) is 17.8 Å². The Balaban J connectivity index is 1.31. The first kappa shape index (κ1) is 18.7. The smallest absolute Gasteiger partial charge is 0.322 e. The second-order valence-corrected chi connectivity index (χ2v) is 9.20. The zero-order chi connectivity index (χ0) is 19.0. The lowest BCUT2D eigenvalue weighted by Gasteiger charge is -2.41. The van der Waals surface area contributed by atoms with Crippen LogP contribution in [0.2, 0.25) is 0 Å². The van der Waals surface area contributed by atoms with E-state index in [4.69, 9.17) is 0 Å². The van der Waals surface area contributed by atoms with Crippen LogP contribution >= 0.6 is 0 Å². The van der Waals surface area contributed by atoms with Gasteiger partial charge >= 0.3 is 6.03 Å². The predicted octanol–water partition coefficient (Wildman–Crippen LogP) is 2.03. The molecule has 0 aromatic heterocycles. The molecule has 7 heteroatoms. The lowest BCUT2D eigenvalue weighted by Crippen LogP contribution is -2.53. The van der Waals surface area contributed by atoms with Gasteiger partial charge in [0.05, 0.1) is 6.54 Å². The maximum atomic E-state index is 12.8. The van der Waals surface area contributed by atoms with Crippen LogP contribution in [0.5, 0.6) is 0 Å². The van der Waals surface area contributed by atoms with Crippen LogP contribution in [0.3, 0.4) is 0 Å². The summed E-state index contributed by atoms with van der Waals surface area (Å²) in [5.41, 5.74) is 1.76. The molecule has 7 nitrogen and oxygen atoms in total. The molecule has 0 bridgehead atoms. The van der Waals surface area contributed by atoms with Gasteiger partial charge in [-0.1, -0.05) is 26.2 Å². The first-order valence-corrected chi connectivity index (χ1v) is 10.7. The molecule has 2 N–H and O–H groups in total. The Hall–Kier alpha value is -1.63. The zero-order valence-corrected chi connectivity index (χ0v) is 16.3. The minimum atomic E-state index is -0.808. The number of nitrogens with one attached hydrogen (secondary N) is 2. The number of urea groups is 1. The molecule has 1 spiro atoms. The SMILES string of the molecule is CC1CCC2(CC1)NC(=O)N(NC(=O)CN1CC[C@@H]3CCCC[C@@H]3C1)C2=O. The molecule has 2 aliphatic heterocycles. The lowest BCUT2D eigenvalue weighted by molar-refractivity contribution is -0.140. The second-order valence-electron chi connectivity index (χ2n) is 9.20. The molecule has 2 saturated heterocycles. The van der Waals surface area contributed by atoms with Crippen LogP contribution in [-0.2, 0) is 9.59 Å². The van der Waals surface area contributed by atoms with E-state index in [2.05, 4.69) is 22.6 Å². The van der Waals surface area contributed by atoms with Crippen molar-refractivity contribution in [3.05, 3.63) is 0 Å². The number of amides is 4. The summed E-state index contributed by atoms with van der Waals surface area (Å²) in [4.78, 5) is 39.8. The Kier molecular flexibility index (Phi) is 5.14. The standard InChI is InChI=1S/C20H32N4O3/c1-14-6-9-20(10-7-14)18(26)24(19(27)21-20)22-17(25)13-23-11-8-15-4-2-3-5-16(15)12-23/h14-16H,2-13H2,1H3,(H,21,27)(H,22,25)/t14?,15-,16+,20?/m0/s1. The van der Waals surface area contributed by atoms with Gasteiger partial charge in [-0.05, 0) is 62.8 Å². The summed E-state index contributed by atoms with van der Waals surface area (Å²) < 4.78 is 0. The van der Waals surface area contributed by atoms with Crippen molar-refractivity contribution in [2.75, 3.05) is 19.6 Å². The summed E-state index contributed by atoms with van der Waals surface area (Å²) in [6.07, 6.45) is 9.53. The average molecular weight is 377 g/mol. The van der Waals surface area contributed by atoms with Gasteiger partial charge < -0.3 is 5.32 Å². The van der Waals surface area contributed by atoms with E-state index in [1.165, 1.54) is 25.7 Å². The molecule has 4 aliphatic rings. The Morgan fingerprint density at radius 2 is 1.81 bits per heavy atom. The third kappa shape index (κ3) is 3.71. The van der Waals surface area contributed by atoms with Crippen molar-refractivity contribution < 1.29 is 14.4 Å². The molecule has 2 atom stereocenters. The summed E-state index contributed by atoms with van der Waals surface area (Å²) >= 11 is 0. The Labute approximate surface area is 161 Å². The summed E-state index contributed by atoms with van der Waals surface area (Å²) in [5.74, 6) is 1.53. The van der Waals surface area contributed by atoms with Crippen LogP contribution in [0.1, 0.15) is 64.7 Å². The highest BCUT2D eigenvalue weighted by Crippen LogP contribution is 2.37. The van der Waals surface area contributed by atoms with Crippen LogP contribution in [0.25, 0.3) is 0 Å². The van der Waals surface area contributed by atoms with Gasteiger partial charge in [0.15, 0.2) is 0 Å². The fraction of sp³-hybridized carbons (Fsp3) is 0.850. The van der Waals surface area contributed by atoms with Gasteiger partial charge in [0.1, 0.15) is 5.54 Å².